The highest BCUT2D eigenvalue weighted by molar-refractivity contribution is 6.04. The molecule has 0 aliphatic rings. The van der Waals surface area contributed by atoms with Crippen LogP contribution in [-0.4, -0.2) is 29.0 Å². The zero-order valence-electron chi connectivity index (χ0n) is 16.2. The van der Waals surface area contributed by atoms with Crippen LogP contribution in [0.1, 0.15) is 35.7 Å². The number of rotatable bonds is 7. The molecule has 0 fully saturated rings. The highest BCUT2D eigenvalue weighted by Gasteiger charge is 2.16. The van der Waals surface area contributed by atoms with Crippen molar-refractivity contribution < 1.29 is 14.3 Å². The molecule has 146 valence electrons. The molecule has 0 radical (unpaired) electrons. The van der Waals surface area contributed by atoms with Crippen LogP contribution < -0.4 is 20.3 Å². The molecule has 2 aromatic heterocycles. The minimum Gasteiger partial charge on any atom is -0.497 e. The van der Waals surface area contributed by atoms with E-state index in [2.05, 4.69) is 17.2 Å². The van der Waals surface area contributed by atoms with Crippen LogP contribution in [0.2, 0.25) is 0 Å². The summed E-state index contributed by atoms with van der Waals surface area (Å²) in [4.78, 5) is 29.7. The zero-order chi connectivity index (χ0) is 20.1. The Labute approximate surface area is 162 Å². The number of unbranched alkanes of at least 4 members (excludes halogenated alkanes) is 1. The number of ether oxygens (including phenoxy) is 2. The van der Waals surface area contributed by atoms with Crippen molar-refractivity contribution in [3.8, 4) is 11.5 Å². The first-order valence-electron chi connectivity index (χ1n) is 9.13. The molecular formula is C21H23N3O4. The van der Waals surface area contributed by atoms with Gasteiger partial charge in [0, 0.05) is 18.5 Å². The van der Waals surface area contributed by atoms with Crippen molar-refractivity contribution >= 4 is 17.2 Å². The molecule has 7 nitrogen and oxygen atoms in total. The second-order valence-electron chi connectivity index (χ2n) is 6.43. The molecule has 28 heavy (non-hydrogen) atoms. The third-order valence-corrected chi connectivity index (χ3v) is 4.30. The van der Waals surface area contributed by atoms with Gasteiger partial charge in [0.2, 0.25) is 0 Å². The summed E-state index contributed by atoms with van der Waals surface area (Å²) in [5.41, 5.74) is 1.43. The largest absolute Gasteiger partial charge is 0.497 e. The normalized spacial score (nSPS) is 10.7. The molecule has 1 N–H and O–H groups in total. The van der Waals surface area contributed by atoms with Crippen molar-refractivity contribution in [3.05, 3.63) is 64.2 Å². The van der Waals surface area contributed by atoms with Crippen LogP contribution in [0, 0.1) is 6.92 Å². The van der Waals surface area contributed by atoms with Gasteiger partial charge in [-0.3, -0.25) is 14.0 Å². The molecular weight excluding hydrogens is 358 g/mol. The molecule has 1 amide bonds. The number of carbonyl (C=O) groups is 1. The van der Waals surface area contributed by atoms with E-state index in [0.29, 0.717) is 29.4 Å². The monoisotopic (exact) mass is 381 g/mol. The lowest BCUT2D eigenvalue weighted by Crippen LogP contribution is -2.26. The number of amides is 1. The number of anilines is 1. The quantitative estimate of drug-likeness (QED) is 0.634. The molecule has 7 heteroatoms. The van der Waals surface area contributed by atoms with E-state index < -0.39 is 11.5 Å². The lowest BCUT2D eigenvalue weighted by atomic mass is 10.2. The highest BCUT2D eigenvalue weighted by Crippen LogP contribution is 2.29. The third-order valence-electron chi connectivity index (χ3n) is 4.30. The van der Waals surface area contributed by atoms with Gasteiger partial charge in [-0.1, -0.05) is 13.3 Å². The van der Waals surface area contributed by atoms with Crippen molar-refractivity contribution in [1.29, 1.82) is 0 Å². The number of methoxy groups -OCH3 is 1. The van der Waals surface area contributed by atoms with Crippen LogP contribution in [0.3, 0.4) is 0 Å². The van der Waals surface area contributed by atoms with Gasteiger partial charge < -0.3 is 14.8 Å². The Morgan fingerprint density at radius 1 is 1.25 bits per heavy atom. The predicted octanol–water partition coefficient (Wildman–Crippen LogP) is 3.44. The van der Waals surface area contributed by atoms with Crippen LogP contribution in [0.25, 0.3) is 5.65 Å². The summed E-state index contributed by atoms with van der Waals surface area (Å²) < 4.78 is 12.3. The number of nitrogens with zero attached hydrogens (tertiary/aromatic N) is 2. The summed E-state index contributed by atoms with van der Waals surface area (Å²) in [5, 5.41) is 2.75. The predicted molar refractivity (Wildman–Crippen MR) is 108 cm³/mol. The molecule has 3 rings (SSSR count). The standard InChI is InChI=1S/C21H23N3O4/c1-4-5-10-28-18-7-6-15(27-3)12-17(18)23-20(25)16-13-22-19-11-14(2)8-9-24(19)21(16)26/h6-9,11-13H,4-5,10H2,1-3H3,(H,23,25). The first-order valence-corrected chi connectivity index (χ1v) is 9.13. The maximum atomic E-state index is 12.8. The van der Waals surface area contributed by atoms with E-state index >= 15 is 0 Å². The minimum absolute atomic E-state index is 0.0521. The Bertz CT molecular complexity index is 1060. The molecule has 0 bridgehead atoms. The molecule has 0 aliphatic carbocycles. The van der Waals surface area contributed by atoms with Crippen LogP contribution in [0.5, 0.6) is 11.5 Å². The minimum atomic E-state index is -0.555. The summed E-state index contributed by atoms with van der Waals surface area (Å²) >= 11 is 0. The first-order chi connectivity index (χ1) is 13.5. The smallest absolute Gasteiger partial charge is 0.270 e. The Balaban J connectivity index is 1.92. The Hall–Kier alpha value is -3.35. The van der Waals surface area contributed by atoms with Crippen LogP contribution in [-0.2, 0) is 0 Å². The molecule has 0 saturated carbocycles. The topological polar surface area (TPSA) is 81.9 Å². The molecule has 0 spiro atoms. The van der Waals surface area contributed by atoms with E-state index in [1.807, 2.05) is 6.92 Å². The van der Waals surface area contributed by atoms with Gasteiger partial charge in [-0.2, -0.15) is 0 Å². The number of aromatic nitrogens is 2. The number of pyridine rings is 1. The van der Waals surface area contributed by atoms with Crippen LogP contribution in [0.15, 0.2) is 47.5 Å². The van der Waals surface area contributed by atoms with E-state index in [0.717, 1.165) is 18.4 Å². The lowest BCUT2D eigenvalue weighted by Gasteiger charge is -2.14. The number of hydrogen-bond donors (Lipinski definition) is 1. The highest BCUT2D eigenvalue weighted by atomic mass is 16.5. The van der Waals surface area contributed by atoms with E-state index in [4.69, 9.17) is 9.47 Å². The number of benzene rings is 1. The van der Waals surface area contributed by atoms with Crippen molar-refractivity contribution in [2.24, 2.45) is 0 Å². The van der Waals surface area contributed by atoms with Crippen molar-refractivity contribution in [2.45, 2.75) is 26.7 Å². The van der Waals surface area contributed by atoms with Gasteiger partial charge in [-0.05, 0) is 43.2 Å². The van der Waals surface area contributed by atoms with E-state index in [1.165, 1.54) is 10.6 Å². The Morgan fingerprint density at radius 2 is 2.07 bits per heavy atom. The molecule has 2 heterocycles. The number of fused-ring (bicyclic) bond motifs is 1. The molecule has 0 aliphatic heterocycles. The summed E-state index contributed by atoms with van der Waals surface area (Å²) in [7, 11) is 1.54. The molecule has 0 saturated heterocycles. The van der Waals surface area contributed by atoms with Gasteiger partial charge in [0.05, 0.1) is 19.4 Å². The zero-order valence-corrected chi connectivity index (χ0v) is 16.2. The second kappa shape index (κ2) is 8.56. The number of aryl methyl sites for hydroxylation is 1. The fraction of sp³-hybridized carbons (Fsp3) is 0.286. The maximum Gasteiger partial charge on any atom is 0.270 e. The number of nitrogens with one attached hydrogen (secondary N) is 1. The van der Waals surface area contributed by atoms with Gasteiger partial charge in [0.15, 0.2) is 0 Å². The molecule has 1 aromatic carbocycles. The fourth-order valence-electron chi connectivity index (χ4n) is 2.71. The number of carbonyl (C=O) groups excluding carboxylic acids is 1. The first kappa shape index (κ1) is 19.4. The van der Waals surface area contributed by atoms with Crippen molar-refractivity contribution in [3.63, 3.8) is 0 Å². The van der Waals surface area contributed by atoms with Gasteiger partial charge in [-0.25, -0.2) is 4.98 Å². The van der Waals surface area contributed by atoms with Gasteiger partial charge >= 0.3 is 0 Å². The van der Waals surface area contributed by atoms with Gasteiger partial charge in [0.1, 0.15) is 22.7 Å². The van der Waals surface area contributed by atoms with E-state index in [9.17, 15) is 9.59 Å². The summed E-state index contributed by atoms with van der Waals surface area (Å²) in [6.45, 7) is 4.52. The van der Waals surface area contributed by atoms with Crippen molar-refractivity contribution in [2.75, 3.05) is 19.0 Å². The third kappa shape index (κ3) is 4.14. The SMILES string of the molecule is CCCCOc1ccc(OC)cc1NC(=O)c1cnc2cc(C)ccn2c1=O. The van der Waals surface area contributed by atoms with Crippen molar-refractivity contribution in [1.82, 2.24) is 9.38 Å². The number of hydrogen-bond acceptors (Lipinski definition) is 5. The summed E-state index contributed by atoms with van der Waals surface area (Å²) in [6, 6.07) is 8.73. The van der Waals surface area contributed by atoms with E-state index in [1.54, 1.807) is 43.6 Å². The molecule has 0 atom stereocenters. The Morgan fingerprint density at radius 3 is 2.82 bits per heavy atom. The van der Waals surface area contributed by atoms with E-state index in [-0.39, 0.29) is 5.56 Å². The van der Waals surface area contributed by atoms with Crippen LogP contribution in [0.4, 0.5) is 5.69 Å². The average Bonchev–Trinajstić information content (AvgIpc) is 2.69. The summed E-state index contributed by atoms with van der Waals surface area (Å²) in [6.07, 6.45) is 4.80. The van der Waals surface area contributed by atoms with Gasteiger partial charge in [0.25, 0.3) is 11.5 Å². The molecule has 3 aromatic rings. The van der Waals surface area contributed by atoms with Gasteiger partial charge in [-0.15, -0.1) is 0 Å². The fourth-order valence-corrected chi connectivity index (χ4v) is 2.71. The Kier molecular flexibility index (Phi) is 5.93. The second-order valence-corrected chi connectivity index (χ2v) is 6.43. The lowest BCUT2D eigenvalue weighted by molar-refractivity contribution is 0.102. The van der Waals surface area contributed by atoms with Crippen LogP contribution >= 0.6 is 0 Å². The molecule has 0 unspecified atom stereocenters. The maximum absolute atomic E-state index is 12.8. The summed E-state index contributed by atoms with van der Waals surface area (Å²) in [5.74, 6) is 0.537. The average molecular weight is 381 g/mol.